The topological polar surface area (TPSA) is 37.9 Å². The van der Waals surface area contributed by atoms with E-state index in [2.05, 4.69) is 16.9 Å². The lowest BCUT2D eigenvalue weighted by molar-refractivity contribution is 0.0510. The van der Waals surface area contributed by atoms with Gasteiger partial charge >= 0.3 is 0 Å². The molecule has 1 aromatic heterocycles. The number of nitrogens with zero attached hydrogens (tertiary/aromatic N) is 1. The van der Waals surface area contributed by atoms with Crippen LogP contribution < -0.4 is 0 Å². The second kappa shape index (κ2) is 4.16. The Labute approximate surface area is 109 Å². The van der Waals surface area contributed by atoms with E-state index in [4.69, 9.17) is 27.9 Å². The fourth-order valence-electron chi connectivity index (χ4n) is 2.18. The summed E-state index contributed by atoms with van der Waals surface area (Å²) in [7, 11) is 0. The van der Waals surface area contributed by atoms with Crippen LogP contribution in [0.5, 0.6) is 0 Å². The zero-order valence-corrected chi connectivity index (χ0v) is 10.8. The van der Waals surface area contributed by atoms with E-state index < -0.39 is 0 Å². The van der Waals surface area contributed by atoms with Crippen LogP contribution in [-0.4, -0.2) is 16.1 Å². The van der Waals surface area contributed by atoms with Crippen LogP contribution in [0.4, 0.5) is 0 Å². The average Bonchev–Trinajstić information content (AvgIpc) is 2.85. The molecule has 2 heterocycles. The van der Waals surface area contributed by atoms with Crippen LogP contribution in [0.3, 0.4) is 0 Å². The molecule has 0 bridgehead atoms. The maximum absolute atomic E-state index is 5.97. The Morgan fingerprint density at radius 3 is 2.76 bits per heavy atom. The summed E-state index contributed by atoms with van der Waals surface area (Å²) in [4.78, 5) is 7.75. The quantitative estimate of drug-likeness (QED) is 0.847. The molecule has 0 saturated carbocycles. The third-order valence-electron chi connectivity index (χ3n) is 3.08. The number of rotatable bonds is 1. The molecule has 1 fully saturated rings. The van der Waals surface area contributed by atoms with Crippen LogP contribution >= 0.6 is 23.2 Å². The molecule has 1 saturated heterocycles. The van der Waals surface area contributed by atoms with Gasteiger partial charge in [-0.2, -0.15) is 0 Å². The van der Waals surface area contributed by atoms with E-state index in [1.807, 2.05) is 0 Å². The number of aromatic amines is 1. The smallest absolute Gasteiger partial charge is 0.136 e. The van der Waals surface area contributed by atoms with Crippen LogP contribution in [-0.2, 0) is 4.74 Å². The molecule has 90 valence electrons. The lowest BCUT2D eigenvalue weighted by atomic mass is 10.2. The Hall–Kier alpha value is -0.770. The van der Waals surface area contributed by atoms with Gasteiger partial charge in [0.05, 0.1) is 27.2 Å². The number of aromatic nitrogens is 2. The largest absolute Gasteiger partial charge is 0.367 e. The van der Waals surface area contributed by atoms with Crippen LogP contribution in [0.25, 0.3) is 11.0 Å². The van der Waals surface area contributed by atoms with E-state index >= 15 is 0 Å². The molecule has 3 rings (SSSR count). The maximum Gasteiger partial charge on any atom is 0.136 e. The predicted molar refractivity (Wildman–Crippen MR) is 68.6 cm³/mol. The van der Waals surface area contributed by atoms with Gasteiger partial charge in [0, 0.05) is 0 Å². The van der Waals surface area contributed by atoms with Crippen molar-refractivity contribution in [3.8, 4) is 0 Å². The molecular weight excluding hydrogens is 259 g/mol. The molecule has 0 aliphatic carbocycles. The van der Waals surface area contributed by atoms with Crippen molar-refractivity contribution in [1.82, 2.24) is 9.97 Å². The highest BCUT2D eigenvalue weighted by molar-refractivity contribution is 6.42. The first-order valence-electron chi connectivity index (χ1n) is 5.63. The summed E-state index contributed by atoms with van der Waals surface area (Å²) < 4.78 is 5.78. The highest BCUT2D eigenvalue weighted by Gasteiger charge is 2.26. The molecular formula is C12H12Cl2N2O. The molecule has 0 spiro atoms. The van der Waals surface area contributed by atoms with Gasteiger partial charge in [-0.25, -0.2) is 4.98 Å². The van der Waals surface area contributed by atoms with E-state index in [0.717, 1.165) is 29.7 Å². The van der Waals surface area contributed by atoms with E-state index in [9.17, 15) is 0 Å². The normalized spacial score (nSPS) is 24.6. The van der Waals surface area contributed by atoms with Crippen molar-refractivity contribution >= 4 is 34.2 Å². The van der Waals surface area contributed by atoms with Crippen LogP contribution in [0, 0.1) is 0 Å². The maximum atomic E-state index is 5.97. The standard InChI is InChI=1S/C12H12Cl2N2O/c1-6-2-3-11(17-6)12-15-9-4-7(13)8(14)5-10(9)16-12/h4-6,11H,2-3H2,1H3,(H,15,16). The third-order valence-corrected chi connectivity index (χ3v) is 3.80. The van der Waals surface area contributed by atoms with Crippen molar-refractivity contribution in [2.75, 3.05) is 0 Å². The van der Waals surface area contributed by atoms with Crippen molar-refractivity contribution in [3.63, 3.8) is 0 Å². The van der Waals surface area contributed by atoms with Crippen molar-refractivity contribution in [3.05, 3.63) is 28.0 Å². The number of halogens is 2. The molecule has 2 aromatic rings. The first-order valence-corrected chi connectivity index (χ1v) is 6.39. The number of nitrogens with one attached hydrogen (secondary N) is 1. The minimum Gasteiger partial charge on any atom is -0.367 e. The lowest BCUT2D eigenvalue weighted by Gasteiger charge is -2.06. The molecule has 3 nitrogen and oxygen atoms in total. The van der Waals surface area contributed by atoms with Crippen LogP contribution in [0.2, 0.25) is 10.0 Å². The Bertz CT molecular complexity index is 528. The molecule has 5 heteroatoms. The van der Waals surface area contributed by atoms with Crippen molar-refractivity contribution < 1.29 is 4.74 Å². The molecule has 1 aliphatic rings. The minimum absolute atomic E-state index is 0.0648. The molecule has 1 aromatic carbocycles. The second-order valence-corrected chi connectivity index (χ2v) is 5.23. The zero-order valence-electron chi connectivity index (χ0n) is 9.34. The molecule has 17 heavy (non-hydrogen) atoms. The number of ether oxygens (including phenoxy) is 1. The first-order chi connectivity index (χ1) is 8.13. The van der Waals surface area contributed by atoms with E-state index in [1.165, 1.54) is 0 Å². The van der Waals surface area contributed by atoms with Gasteiger partial charge in [0.25, 0.3) is 0 Å². The van der Waals surface area contributed by atoms with Gasteiger partial charge in [-0.05, 0) is 31.9 Å². The molecule has 0 amide bonds. The highest BCUT2D eigenvalue weighted by atomic mass is 35.5. The summed E-state index contributed by atoms with van der Waals surface area (Å²) in [6, 6.07) is 3.58. The van der Waals surface area contributed by atoms with Gasteiger partial charge in [0.2, 0.25) is 0 Å². The monoisotopic (exact) mass is 270 g/mol. The van der Waals surface area contributed by atoms with Crippen molar-refractivity contribution in [1.29, 1.82) is 0 Å². The fraction of sp³-hybridized carbons (Fsp3) is 0.417. The number of hydrogen-bond acceptors (Lipinski definition) is 2. The summed E-state index contributed by atoms with van der Waals surface area (Å²) in [5.74, 6) is 0.864. The van der Waals surface area contributed by atoms with E-state index in [-0.39, 0.29) is 6.10 Å². The van der Waals surface area contributed by atoms with Gasteiger partial charge < -0.3 is 9.72 Å². The summed E-state index contributed by atoms with van der Waals surface area (Å²) in [6.45, 7) is 2.08. The fourth-order valence-corrected chi connectivity index (χ4v) is 2.50. The number of fused-ring (bicyclic) bond motifs is 1. The number of H-pyrrole nitrogens is 1. The van der Waals surface area contributed by atoms with Crippen molar-refractivity contribution in [2.45, 2.75) is 32.0 Å². The van der Waals surface area contributed by atoms with E-state index in [1.54, 1.807) is 12.1 Å². The highest BCUT2D eigenvalue weighted by Crippen LogP contribution is 2.33. The van der Waals surface area contributed by atoms with E-state index in [0.29, 0.717) is 16.1 Å². The number of hydrogen-bond donors (Lipinski definition) is 1. The Balaban J connectivity index is 2.02. The van der Waals surface area contributed by atoms with Gasteiger partial charge in [0.15, 0.2) is 0 Å². The molecule has 2 unspecified atom stereocenters. The Morgan fingerprint density at radius 1 is 1.29 bits per heavy atom. The molecule has 1 aliphatic heterocycles. The van der Waals surface area contributed by atoms with Gasteiger partial charge in [-0.15, -0.1) is 0 Å². The Kier molecular flexibility index (Phi) is 2.77. The predicted octanol–water partition coefficient (Wildman–Crippen LogP) is 4.11. The van der Waals surface area contributed by atoms with Gasteiger partial charge in [0.1, 0.15) is 11.9 Å². The average molecular weight is 271 g/mol. The van der Waals surface area contributed by atoms with Crippen LogP contribution in [0.1, 0.15) is 31.7 Å². The SMILES string of the molecule is CC1CCC(c2nc3cc(Cl)c(Cl)cc3[nH]2)O1. The summed E-state index contributed by atoms with van der Waals surface area (Å²) in [6.07, 6.45) is 2.45. The number of imidazole rings is 1. The molecule has 1 N–H and O–H groups in total. The van der Waals surface area contributed by atoms with Gasteiger partial charge in [-0.1, -0.05) is 23.2 Å². The Morgan fingerprint density at radius 2 is 2.06 bits per heavy atom. The minimum atomic E-state index is 0.0648. The van der Waals surface area contributed by atoms with Crippen LogP contribution in [0.15, 0.2) is 12.1 Å². The number of benzene rings is 1. The lowest BCUT2D eigenvalue weighted by Crippen LogP contribution is -2.02. The first kappa shape index (κ1) is 11.3. The summed E-state index contributed by atoms with van der Waals surface area (Å²) in [5.41, 5.74) is 1.73. The van der Waals surface area contributed by atoms with Crippen molar-refractivity contribution in [2.24, 2.45) is 0 Å². The zero-order chi connectivity index (χ0) is 12.0. The molecule has 0 radical (unpaired) electrons. The third kappa shape index (κ3) is 2.03. The summed E-state index contributed by atoms with van der Waals surface area (Å²) >= 11 is 11.9. The molecule has 2 atom stereocenters. The van der Waals surface area contributed by atoms with Gasteiger partial charge in [-0.3, -0.25) is 0 Å². The second-order valence-electron chi connectivity index (χ2n) is 4.42. The summed E-state index contributed by atoms with van der Waals surface area (Å²) in [5, 5.41) is 1.06.